The van der Waals surface area contributed by atoms with Crippen LogP contribution in [0, 0.1) is 5.92 Å². The largest absolute Gasteiger partial charge is 0.438 e. The third kappa shape index (κ3) is 3.43. The first-order chi connectivity index (χ1) is 12.1. The van der Waals surface area contributed by atoms with Crippen LogP contribution in [-0.4, -0.2) is 16.9 Å². The highest BCUT2D eigenvalue weighted by molar-refractivity contribution is 5.95. The van der Waals surface area contributed by atoms with Gasteiger partial charge in [-0.3, -0.25) is 4.79 Å². The topological polar surface area (TPSA) is 46.6 Å². The lowest BCUT2D eigenvalue weighted by atomic mass is 9.94. The Labute approximate surface area is 148 Å². The molecular formula is C21H23NO3. The van der Waals surface area contributed by atoms with Crippen LogP contribution in [0.4, 0.5) is 4.79 Å². The zero-order chi connectivity index (χ0) is 17.8. The summed E-state index contributed by atoms with van der Waals surface area (Å²) < 4.78 is 5.64. The molecule has 0 aliphatic carbocycles. The summed E-state index contributed by atoms with van der Waals surface area (Å²) in [6.45, 7) is 3.91. The third-order valence-corrected chi connectivity index (χ3v) is 4.64. The number of benzene rings is 2. The smallest absolute Gasteiger partial charge is 0.417 e. The quantitative estimate of drug-likeness (QED) is 0.781. The second-order valence-electron chi connectivity index (χ2n) is 6.47. The van der Waals surface area contributed by atoms with E-state index in [0.717, 1.165) is 24.0 Å². The Kier molecular flexibility index (Phi) is 5.17. The lowest BCUT2D eigenvalue weighted by molar-refractivity contribution is -0.133. The zero-order valence-electron chi connectivity index (χ0n) is 14.6. The van der Waals surface area contributed by atoms with Gasteiger partial charge in [-0.1, -0.05) is 80.9 Å². The normalized spacial score (nSPS) is 21.0. The van der Waals surface area contributed by atoms with E-state index in [1.165, 1.54) is 4.90 Å². The van der Waals surface area contributed by atoms with Crippen molar-refractivity contribution in [1.29, 1.82) is 0 Å². The number of carbonyl (C=O) groups excluding carboxylic acids is 2. The van der Waals surface area contributed by atoms with Gasteiger partial charge < -0.3 is 4.74 Å². The number of carbonyl (C=O) groups is 2. The van der Waals surface area contributed by atoms with E-state index >= 15 is 0 Å². The van der Waals surface area contributed by atoms with E-state index < -0.39 is 18.2 Å². The van der Waals surface area contributed by atoms with Gasteiger partial charge in [0.1, 0.15) is 6.04 Å². The Bertz CT molecular complexity index is 729. The molecule has 3 atom stereocenters. The van der Waals surface area contributed by atoms with Crippen LogP contribution in [-0.2, 0) is 9.53 Å². The van der Waals surface area contributed by atoms with Crippen LogP contribution >= 0.6 is 0 Å². The zero-order valence-corrected chi connectivity index (χ0v) is 14.6. The maximum Gasteiger partial charge on any atom is 0.417 e. The monoisotopic (exact) mass is 337 g/mol. The Balaban J connectivity index is 2.01. The fraction of sp³-hybridized carbons (Fsp3) is 0.333. The van der Waals surface area contributed by atoms with Gasteiger partial charge in [0.05, 0.1) is 0 Å². The number of rotatable bonds is 5. The third-order valence-electron chi connectivity index (χ3n) is 4.64. The molecule has 0 radical (unpaired) electrons. The summed E-state index contributed by atoms with van der Waals surface area (Å²) in [5, 5.41) is 0. The van der Waals surface area contributed by atoms with Gasteiger partial charge in [0.25, 0.3) is 0 Å². The summed E-state index contributed by atoms with van der Waals surface area (Å²) in [7, 11) is 0. The highest BCUT2D eigenvalue weighted by Crippen LogP contribution is 2.43. The molecule has 1 aliphatic heterocycles. The van der Waals surface area contributed by atoms with Gasteiger partial charge in [-0.15, -0.1) is 0 Å². The number of hydrogen-bond acceptors (Lipinski definition) is 3. The Morgan fingerprint density at radius 1 is 1.04 bits per heavy atom. The van der Waals surface area contributed by atoms with E-state index in [-0.39, 0.29) is 11.8 Å². The number of cyclic esters (lactones) is 1. The van der Waals surface area contributed by atoms with Crippen LogP contribution in [0.15, 0.2) is 60.7 Å². The first-order valence-electron chi connectivity index (χ1n) is 8.77. The molecule has 4 nitrogen and oxygen atoms in total. The molecule has 0 saturated carbocycles. The van der Waals surface area contributed by atoms with Crippen LogP contribution in [0.2, 0.25) is 0 Å². The van der Waals surface area contributed by atoms with Gasteiger partial charge >= 0.3 is 6.09 Å². The number of ether oxygens (including phenoxy) is 1. The SMILES string of the molecule is CCCC(C)C(=O)N1C(=O)OC(c2ccccc2)C1c1ccccc1. The first kappa shape index (κ1) is 17.2. The Hall–Kier alpha value is -2.62. The fourth-order valence-electron chi connectivity index (χ4n) is 3.37. The lowest BCUT2D eigenvalue weighted by Crippen LogP contribution is -2.38. The molecule has 4 heteroatoms. The van der Waals surface area contributed by atoms with Crippen molar-refractivity contribution in [2.45, 2.75) is 38.8 Å². The van der Waals surface area contributed by atoms with Crippen molar-refractivity contribution in [1.82, 2.24) is 4.90 Å². The van der Waals surface area contributed by atoms with E-state index in [0.29, 0.717) is 0 Å². The average Bonchev–Trinajstić information content (AvgIpc) is 3.00. The minimum Gasteiger partial charge on any atom is -0.438 e. The van der Waals surface area contributed by atoms with Crippen molar-refractivity contribution in [2.75, 3.05) is 0 Å². The average molecular weight is 337 g/mol. The van der Waals surface area contributed by atoms with Crippen molar-refractivity contribution in [3.8, 4) is 0 Å². The molecule has 3 rings (SSSR count). The summed E-state index contributed by atoms with van der Waals surface area (Å²) >= 11 is 0. The van der Waals surface area contributed by atoms with Gasteiger partial charge in [-0.25, -0.2) is 9.69 Å². The Morgan fingerprint density at radius 2 is 1.60 bits per heavy atom. The lowest BCUT2D eigenvalue weighted by Gasteiger charge is -2.26. The number of amides is 2. The summed E-state index contributed by atoms with van der Waals surface area (Å²) in [4.78, 5) is 26.8. The van der Waals surface area contributed by atoms with E-state index in [4.69, 9.17) is 4.74 Å². The summed E-state index contributed by atoms with van der Waals surface area (Å²) in [5.74, 6) is -0.377. The van der Waals surface area contributed by atoms with Gasteiger partial charge in [-0.05, 0) is 17.5 Å². The molecule has 130 valence electrons. The second-order valence-corrected chi connectivity index (χ2v) is 6.47. The molecule has 1 saturated heterocycles. The van der Waals surface area contributed by atoms with E-state index in [2.05, 4.69) is 0 Å². The maximum absolute atomic E-state index is 12.9. The molecule has 25 heavy (non-hydrogen) atoms. The molecule has 2 aromatic carbocycles. The Morgan fingerprint density at radius 3 is 2.16 bits per heavy atom. The number of nitrogens with zero attached hydrogens (tertiary/aromatic N) is 1. The fourth-order valence-corrected chi connectivity index (χ4v) is 3.37. The summed E-state index contributed by atoms with van der Waals surface area (Å²) in [6.07, 6.45) is 0.596. The maximum atomic E-state index is 12.9. The van der Waals surface area contributed by atoms with Crippen LogP contribution in [0.25, 0.3) is 0 Å². The standard InChI is InChI=1S/C21H23NO3/c1-3-10-15(2)20(23)22-18(16-11-6-4-7-12-16)19(25-21(22)24)17-13-8-5-9-14-17/h4-9,11-15,18-19H,3,10H2,1-2H3. The van der Waals surface area contributed by atoms with Crippen LogP contribution in [0.3, 0.4) is 0 Å². The predicted molar refractivity (Wildman–Crippen MR) is 95.8 cm³/mol. The van der Waals surface area contributed by atoms with Crippen molar-refractivity contribution >= 4 is 12.0 Å². The highest BCUT2D eigenvalue weighted by Gasteiger charge is 2.47. The molecule has 0 bridgehead atoms. The van der Waals surface area contributed by atoms with Gasteiger partial charge in [0.2, 0.25) is 5.91 Å². The molecule has 0 aromatic heterocycles. The molecule has 1 fully saturated rings. The van der Waals surface area contributed by atoms with Crippen LogP contribution in [0.1, 0.15) is 50.0 Å². The first-order valence-corrected chi connectivity index (χ1v) is 8.77. The summed E-state index contributed by atoms with van der Waals surface area (Å²) in [5.41, 5.74) is 1.79. The molecule has 0 N–H and O–H groups in total. The van der Waals surface area contributed by atoms with E-state index in [1.807, 2.05) is 74.5 Å². The molecular weight excluding hydrogens is 314 g/mol. The van der Waals surface area contributed by atoms with Crippen molar-refractivity contribution in [3.05, 3.63) is 71.8 Å². The van der Waals surface area contributed by atoms with Crippen LogP contribution in [0.5, 0.6) is 0 Å². The second kappa shape index (κ2) is 7.51. The molecule has 0 spiro atoms. The van der Waals surface area contributed by atoms with Crippen LogP contribution < -0.4 is 0 Å². The molecule has 2 aromatic rings. The van der Waals surface area contributed by atoms with E-state index in [1.54, 1.807) is 0 Å². The minimum absolute atomic E-state index is 0.167. The molecule has 3 unspecified atom stereocenters. The molecule has 2 amide bonds. The van der Waals surface area contributed by atoms with Crippen molar-refractivity contribution in [3.63, 3.8) is 0 Å². The van der Waals surface area contributed by atoms with Gasteiger partial charge in [0, 0.05) is 5.92 Å². The van der Waals surface area contributed by atoms with E-state index in [9.17, 15) is 9.59 Å². The van der Waals surface area contributed by atoms with Gasteiger partial charge in [-0.2, -0.15) is 0 Å². The van der Waals surface area contributed by atoms with Crippen molar-refractivity contribution in [2.24, 2.45) is 5.92 Å². The predicted octanol–water partition coefficient (Wildman–Crippen LogP) is 4.88. The number of imide groups is 1. The van der Waals surface area contributed by atoms with Gasteiger partial charge in [0.15, 0.2) is 6.10 Å². The van der Waals surface area contributed by atoms with Crippen molar-refractivity contribution < 1.29 is 14.3 Å². The number of hydrogen-bond donors (Lipinski definition) is 0. The molecule has 1 aliphatic rings. The minimum atomic E-state index is -0.560. The highest BCUT2D eigenvalue weighted by atomic mass is 16.6. The molecule has 1 heterocycles. The summed E-state index contributed by atoms with van der Waals surface area (Å²) in [6, 6.07) is 18.8.